The summed E-state index contributed by atoms with van der Waals surface area (Å²) in [5.41, 5.74) is 4.36. The zero-order valence-corrected chi connectivity index (χ0v) is 12.7. The summed E-state index contributed by atoms with van der Waals surface area (Å²) in [6.07, 6.45) is 6.20. The van der Waals surface area contributed by atoms with Crippen LogP contribution in [0.4, 0.5) is 0 Å². The standard InChI is InChI=1S/C18H26N2/c1-14-8-9-18(19-12-14)16-6-3-5-15(11-16)17-7-4-10-20(2)13-17/h3,5-7,11,14,18-19H,4,8-10,12-13H2,1-2H3/t14-,18+/m0/s1. The molecular formula is C18H26N2. The minimum absolute atomic E-state index is 0.549. The van der Waals surface area contributed by atoms with Gasteiger partial charge in [-0.2, -0.15) is 0 Å². The van der Waals surface area contributed by atoms with Gasteiger partial charge in [-0.15, -0.1) is 0 Å². The highest BCUT2D eigenvalue weighted by Crippen LogP contribution is 2.28. The number of piperidine rings is 1. The molecule has 3 rings (SSSR count). The first kappa shape index (κ1) is 13.8. The fourth-order valence-corrected chi connectivity index (χ4v) is 3.34. The smallest absolute Gasteiger partial charge is 0.0320 e. The van der Waals surface area contributed by atoms with Crippen molar-refractivity contribution in [2.45, 2.75) is 32.2 Å². The number of rotatable bonds is 2. The van der Waals surface area contributed by atoms with E-state index in [0.29, 0.717) is 6.04 Å². The molecule has 0 aromatic heterocycles. The third-order valence-electron chi connectivity index (χ3n) is 4.66. The van der Waals surface area contributed by atoms with Gasteiger partial charge in [-0.25, -0.2) is 0 Å². The summed E-state index contributed by atoms with van der Waals surface area (Å²) >= 11 is 0. The van der Waals surface area contributed by atoms with E-state index in [0.717, 1.165) is 19.0 Å². The lowest BCUT2D eigenvalue weighted by Gasteiger charge is -2.29. The molecule has 0 aliphatic carbocycles. The Morgan fingerprint density at radius 1 is 1.25 bits per heavy atom. The minimum atomic E-state index is 0.549. The topological polar surface area (TPSA) is 15.3 Å². The molecule has 2 nitrogen and oxygen atoms in total. The van der Waals surface area contributed by atoms with Crippen LogP contribution >= 0.6 is 0 Å². The zero-order valence-electron chi connectivity index (χ0n) is 12.7. The summed E-state index contributed by atoms with van der Waals surface area (Å²) in [5.74, 6) is 0.823. The van der Waals surface area contributed by atoms with Crippen molar-refractivity contribution in [3.8, 4) is 0 Å². The van der Waals surface area contributed by atoms with Gasteiger partial charge in [-0.3, -0.25) is 0 Å². The van der Waals surface area contributed by atoms with Crippen LogP contribution in [0.15, 0.2) is 30.3 Å². The van der Waals surface area contributed by atoms with Crippen LogP contribution in [0.5, 0.6) is 0 Å². The van der Waals surface area contributed by atoms with Crippen molar-refractivity contribution in [3.63, 3.8) is 0 Å². The van der Waals surface area contributed by atoms with Gasteiger partial charge in [0, 0.05) is 19.1 Å². The average Bonchev–Trinajstić information content (AvgIpc) is 2.48. The van der Waals surface area contributed by atoms with E-state index in [2.05, 4.69) is 54.5 Å². The SMILES string of the molecule is C[C@H]1CC[C@H](c2cccc(C3=CCCN(C)C3)c2)NC1. The van der Waals surface area contributed by atoms with Gasteiger partial charge in [0.15, 0.2) is 0 Å². The highest BCUT2D eigenvalue weighted by atomic mass is 15.1. The second-order valence-electron chi connectivity index (χ2n) is 6.52. The summed E-state index contributed by atoms with van der Waals surface area (Å²) in [7, 11) is 2.21. The molecule has 0 spiro atoms. The number of nitrogens with zero attached hydrogens (tertiary/aromatic N) is 1. The van der Waals surface area contributed by atoms with Gasteiger partial charge in [-0.1, -0.05) is 31.2 Å². The molecule has 0 amide bonds. The fourth-order valence-electron chi connectivity index (χ4n) is 3.34. The lowest BCUT2D eigenvalue weighted by atomic mass is 9.90. The van der Waals surface area contributed by atoms with Crippen LogP contribution < -0.4 is 5.32 Å². The van der Waals surface area contributed by atoms with Gasteiger partial charge in [0.25, 0.3) is 0 Å². The van der Waals surface area contributed by atoms with E-state index in [1.807, 2.05) is 0 Å². The van der Waals surface area contributed by atoms with Crippen LogP contribution in [-0.2, 0) is 0 Å². The van der Waals surface area contributed by atoms with Crippen LogP contribution in [0.2, 0.25) is 0 Å². The monoisotopic (exact) mass is 270 g/mol. The zero-order chi connectivity index (χ0) is 13.9. The quantitative estimate of drug-likeness (QED) is 0.885. The van der Waals surface area contributed by atoms with Crippen LogP contribution in [-0.4, -0.2) is 31.6 Å². The van der Waals surface area contributed by atoms with E-state index >= 15 is 0 Å². The molecule has 20 heavy (non-hydrogen) atoms. The number of hydrogen-bond donors (Lipinski definition) is 1. The van der Waals surface area contributed by atoms with E-state index in [9.17, 15) is 0 Å². The van der Waals surface area contributed by atoms with Crippen molar-refractivity contribution in [2.75, 3.05) is 26.7 Å². The average molecular weight is 270 g/mol. The van der Waals surface area contributed by atoms with E-state index in [-0.39, 0.29) is 0 Å². The third-order valence-corrected chi connectivity index (χ3v) is 4.66. The predicted octanol–water partition coefficient (Wildman–Crippen LogP) is 3.47. The molecule has 0 bridgehead atoms. The third kappa shape index (κ3) is 3.13. The highest BCUT2D eigenvalue weighted by molar-refractivity contribution is 5.68. The van der Waals surface area contributed by atoms with Crippen molar-refractivity contribution in [2.24, 2.45) is 5.92 Å². The number of hydrogen-bond acceptors (Lipinski definition) is 2. The van der Waals surface area contributed by atoms with E-state index < -0.39 is 0 Å². The highest BCUT2D eigenvalue weighted by Gasteiger charge is 2.19. The van der Waals surface area contributed by atoms with Crippen molar-refractivity contribution in [1.29, 1.82) is 0 Å². The van der Waals surface area contributed by atoms with E-state index in [4.69, 9.17) is 0 Å². The molecule has 2 atom stereocenters. The molecule has 0 unspecified atom stereocenters. The van der Waals surface area contributed by atoms with Crippen molar-refractivity contribution >= 4 is 5.57 Å². The summed E-state index contributed by atoms with van der Waals surface area (Å²) in [6.45, 7) is 5.76. The summed E-state index contributed by atoms with van der Waals surface area (Å²) in [4.78, 5) is 2.41. The second kappa shape index (κ2) is 6.11. The Balaban J connectivity index is 1.77. The predicted molar refractivity (Wildman–Crippen MR) is 85.7 cm³/mol. The van der Waals surface area contributed by atoms with Crippen LogP contribution in [0.25, 0.3) is 5.57 Å². The molecular weight excluding hydrogens is 244 g/mol. The fraction of sp³-hybridized carbons (Fsp3) is 0.556. The molecule has 0 radical (unpaired) electrons. The Morgan fingerprint density at radius 2 is 2.15 bits per heavy atom. The first-order valence-electron chi connectivity index (χ1n) is 7.93. The first-order valence-corrected chi connectivity index (χ1v) is 7.93. The van der Waals surface area contributed by atoms with Gasteiger partial charge >= 0.3 is 0 Å². The number of likely N-dealkylation sites (N-methyl/N-ethyl adjacent to an activating group) is 1. The van der Waals surface area contributed by atoms with Gasteiger partial charge in [0.1, 0.15) is 0 Å². The van der Waals surface area contributed by atoms with Crippen LogP contribution in [0.1, 0.15) is 43.4 Å². The maximum Gasteiger partial charge on any atom is 0.0320 e. The Kier molecular flexibility index (Phi) is 4.23. The van der Waals surface area contributed by atoms with E-state index in [1.54, 1.807) is 0 Å². The molecule has 0 saturated carbocycles. The lowest BCUT2D eigenvalue weighted by molar-refractivity contribution is 0.333. The van der Waals surface area contributed by atoms with Gasteiger partial charge < -0.3 is 10.2 Å². The van der Waals surface area contributed by atoms with Crippen molar-refractivity contribution < 1.29 is 0 Å². The molecule has 1 aromatic rings. The summed E-state index contributed by atoms with van der Waals surface area (Å²) in [6, 6.07) is 9.72. The Labute approximate surface area is 122 Å². The normalized spacial score (nSPS) is 28.2. The van der Waals surface area contributed by atoms with Crippen molar-refractivity contribution in [1.82, 2.24) is 10.2 Å². The van der Waals surface area contributed by atoms with Crippen LogP contribution in [0, 0.1) is 5.92 Å². The van der Waals surface area contributed by atoms with Gasteiger partial charge in [-0.05, 0) is 61.5 Å². The van der Waals surface area contributed by atoms with Gasteiger partial charge in [0.2, 0.25) is 0 Å². The minimum Gasteiger partial charge on any atom is -0.310 e. The van der Waals surface area contributed by atoms with Crippen LogP contribution in [0.3, 0.4) is 0 Å². The molecule has 2 aliphatic rings. The molecule has 108 valence electrons. The maximum absolute atomic E-state index is 3.69. The molecule has 1 saturated heterocycles. The Morgan fingerprint density at radius 3 is 2.90 bits per heavy atom. The molecule has 2 heterocycles. The Hall–Kier alpha value is -1.12. The maximum atomic E-state index is 3.69. The second-order valence-corrected chi connectivity index (χ2v) is 6.52. The van der Waals surface area contributed by atoms with E-state index in [1.165, 1.54) is 42.5 Å². The summed E-state index contributed by atoms with van der Waals surface area (Å²) in [5, 5.41) is 3.69. The molecule has 1 N–H and O–H groups in total. The Bertz CT molecular complexity index is 484. The number of nitrogens with one attached hydrogen (secondary N) is 1. The largest absolute Gasteiger partial charge is 0.310 e. The number of benzene rings is 1. The summed E-state index contributed by atoms with van der Waals surface area (Å²) < 4.78 is 0. The van der Waals surface area contributed by atoms with Gasteiger partial charge in [0.05, 0.1) is 0 Å². The first-order chi connectivity index (χ1) is 9.72. The molecule has 2 aliphatic heterocycles. The molecule has 1 fully saturated rings. The van der Waals surface area contributed by atoms with Crippen molar-refractivity contribution in [3.05, 3.63) is 41.5 Å². The molecule has 1 aromatic carbocycles. The lowest BCUT2D eigenvalue weighted by Crippen LogP contribution is -2.31. The molecule has 2 heteroatoms.